The third-order valence-electron chi connectivity index (χ3n) is 5.79. The summed E-state index contributed by atoms with van der Waals surface area (Å²) in [6, 6.07) is -0.122. The van der Waals surface area contributed by atoms with Gasteiger partial charge in [-0.1, -0.05) is 24.3 Å². The van der Waals surface area contributed by atoms with Crippen LogP contribution >= 0.6 is 0 Å². The van der Waals surface area contributed by atoms with Crippen LogP contribution in [0.5, 0.6) is 0 Å². The average molecular weight is 258 g/mol. The predicted octanol–water partition coefficient (Wildman–Crippen LogP) is 0.950. The van der Waals surface area contributed by atoms with E-state index < -0.39 is 11.0 Å². The first-order valence-electron chi connectivity index (χ1n) is 6.97. The number of carbonyl (C=O) groups is 2. The Hall–Kier alpha value is -1.58. The van der Waals surface area contributed by atoms with Gasteiger partial charge in [-0.05, 0) is 19.3 Å². The number of nitrogens with zero attached hydrogens (tertiary/aromatic N) is 2. The minimum atomic E-state index is -0.537. The minimum Gasteiger partial charge on any atom is -0.337 e. The van der Waals surface area contributed by atoms with Gasteiger partial charge in [0.1, 0.15) is 0 Å². The zero-order valence-corrected chi connectivity index (χ0v) is 11.3. The van der Waals surface area contributed by atoms with Crippen molar-refractivity contribution in [3.63, 3.8) is 0 Å². The summed E-state index contributed by atoms with van der Waals surface area (Å²) in [4.78, 5) is 29.2. The van der Waals surface area contributed by atoms with E-state index in [1.165, 1.54) is 0 Å². The number of likely N-dealkylation sites (N-methyl/N-ethyl adjacent to an activating group) is 2. The number of amides is 2. The molecule has 7 aliphatic rings. The van der Waals surface area contributed by atoms with Crippen molar-refractivity contribution in [1.29, 1.82) is 0 Å². The molecule has 2 aliphatic carbocycles. The molecule has 7 rings (SSSR count). The summed E-state index contributed by atoms with van der Waals surface area (Å²) in [5.74, 6) is 0.119. The van der Waals surface area contributed by atoms with E-state index in [1.807, 2.05) is 25.1 Å². The molecule has 5 heterocycles. The number of carbonyl (C=O) groups excluding carboxylic acids is 2. The number of hydrogen-bond donors (Lipinski definition) is 0. The zero-order valence-electron chi connectivity index (χ0n) is 11.3. The molecule has 0 aromatic carbocycles. The molecule has 5 aliphatic heterocycles. The standard InChI is InChI=1S/C15H18N2O2/c1-16-11-5-8-14(13(16)19)6-3-7-15(14)9-4-10(11)12(18)17(15)2/h4-5,8-11H,3,6-7H2,1-2H3/t10-,11+,14+,15+/m1/s1. The Morgan fingerprint density at radius 1 is 1.16 bits per heavy atom. The normalized spacial score (nSPS) is 46.8. The Morgan fingerprint density at radius 3 is 2.74 bits per heavy atom. The zero-order chi connectivity index (χ0) is 13.4. The molecule has 0 unspecified atom stereocenters. The largest absolute Gasteiger partial charge is 0.337 e. The van der Waals surface area contributed by atoms with Gasteiger partial charge in [0.25, 0.3) is 0 Å². The topological polar surface area (TPSA) is 40.6 Å². The van der Waals surface area contributed by atoms with Gasteiger partial charge in [-0.25, -0.2) is 0 Å². The lowest BCUT2D eigenvalue weighted by atomic mass is 9.62. The third kappa shape index (κ3) is 0.967. The van der Waals surface area contributed by atoms with Gasteiger partial charge in [0.15, 0.2) is 0 Å². The van der Waals surface area contributed by atoms with Crippen molar-refractivity contribution < 1.29 is 9.59 Å². The highest BCUT2D eigenvalue weighted by Crippen LogP contribution is 2.57. The maximum atomic E-state index is 12.9. The second kappa shape index (κ2) is 3.11. The molecule has 4 heteroatoms. The van der Waals surface area contributed by atoms with Gasteiger partial charge >= 0.3 is 0 Å². The lowest BCUT2D eigenvalue weighted by molar-refractivity contribution is -0.160. The van der Waals surface area contributed by atoms with Crippen molar-refractivity contribution in [3.8, 4) is 0 Å². The van der Waals surface area contributed by atoms with E-state index in [-0.39, 0.29) is 23.8 Å². The van der Waals surface area contributed by atoms with Gasteiger partial charge < -0.3 is 9.80 Å². The SMILES string of the molecule is CN1C(=O)[C@]23C=C[C@H]1[C@H]1C=C[C@]2(CCC3)N(C)C1=O. The fourth-order valence-electron chi connectivity index (χ4n) is 4.71. The van der Waals surface area contributed by atoms with Crippen LogP contribution in [0.4, 0.5) is 0 Å². The van der Waals surface area contributed by atoms with Crippen LogP contribution in [-0.4, -0.2) is 47.3 Å². The van der Waals surface area contributed by atoms with E-state index in [0.717, 1.165) is 19.3 Å². The second-order valence-electron chi connectivity index (χ2n) is 6.30. The molecule has 1 saturated carbocycles. The highest BCUT2D eigenvalue weighted by atomic mass is 16.2. The fourth-order valence-corrected chi connectivity index (χ4v) is 4.71. The molecule has 0 N–H and O–H groups in total. The van der Waals surface area contributed by atoms with Gasteiger partial charge in [0.2, 0.25) is 11.8 Å². The van der Waals surface area contributed by atoms with Gasteiger partial charge in [-0.3, -0.25) is 9.59 Å². The Morgan fingerprint density at radius 2 is 1.95 bits per heavy atom. The lowest BCUT2D eigenvalue weighted by Crippen LogP contribution is -2.70. The summed E-state index contributed by atoms with van der Waals surface area (Å²) >= 11 is 0. The number of rotatable bonds is 0. The van der Waals surface area contributed by atoms with Crippen LogP contribution in [0.1, 0.15) is 19.3 Å². The van der Waals surface area contributed by atoms with Crippen LogP contribution in [0.3, 0.4) is 0 Å². The van der Waals surface area contributed by atoms with Crippen molar-refractivity contribution >= 4 is 11.8 Å². The van der Waals surface area contributed by atoms with Crippen molar-refractivity contribution in [2.24, 2.45) is 11.3 Å². The van der Waals surface area contributed by atoms with E-state index in [1.54, 1.807) is 4.90 Å². The molecule has 1 saturated heterocycles. The van der Waals surface area contributed by atoms with E-state index >= 15 is 0 Å². The van der Waals surface area contributed by atoms with E-state index in [4.69, 9.17) is 0 Å². The summed E-state index contributed by atoms with van der Waals surface area (Å²) < 4.78 is 0. The van der Waals surface area contributed by atoms with Crippen molar-refractivity contribution in [2.75, 3.05) is 14.1 Å². The van der Waals surface area contributed by atoms with Crippen LogP contribution in [-0.2, 0) is 9.59 Å². The molecule has 4 nitrogen and oxygen atoms in total. The Kier molecular flexibility index (Phi) is 1.84. The highest BCUT2D eigenvalue weighted by molar-refractivity contribution is 5.95. The smallest absolute Gasteiger partial charge is 0.235 e. The molecule has 4 atom stereocenters. The molecule has 0 aromatic heterocycles. The molecular weight excluding hydrogens is 240 g/mol. The van der Waals surface area contributed by atoms with E-state index in [2.05, 4.69) is 18.2 Å². The molecule has 2 fully saturated rings. The fraction of sp³-hybridized carbons (Fsp3) is 0.600. The third-order valence-corrected chi connectivity index (χ3v) is 5.79. The molecule has 2 amide bonds. The van der Waals surface area contributed by atoms with Gasteiger partial charge in [-0.15, -0.1) is 0 Å². The minimum absolute atomic E-state index is 0.122. The first-order valence-corrected chi connectivity index (χ1v) is 6.97. The monoisotopic (exact) mass is 258 g/mol. The van der Waals surface area contributed by atoms with Crippen LogP contribution in [0.25, 0.3) is 0 Å². The number of hydrogen-bond acceptors (Lipinski definition) is 2. The van der Waals surface area contributed by atoms with Crippen LogP contribution < -0.4 is 0 Å². The van der Waals surface area contributed by atoms with Crippen LogP contribution in [0.15, 0.2) is 24.3 Å². The van der Waals surface area contributed by atoms with E-state index in [9.17, 15) is 9.59 Å². The predicted molar refractivity (Wildman–Crippen MR) is 70.1 cm³/mol. The lowest BCUT2D eigenvalue weighted by Gasteiger charge is -2.57. The first-order chi connectivity index (χ1) is 9.03. The van der Waals surface area contributed by atoms with Crippen LogP contribution in [0.2, 0.25) is 0 Å². The molecule has 100 valence electrons. The average Bonchev–Trinajstić information content (AvgIpc) is 2.72. The molecular formula is C15H18N2O2. The molecule has 4 bridgehead atoms. The first kappa shape index (κ1) is 11.3. The highest BCUT2D eigenvalue weighted by Gasteiger charge is 2.66. The van der Waals surface area contributed by atoms with Gasteiger partial charge in [0.05, 0.1) is 22.9 Å². The molecule has 2 spiro atoms. The summed E-state index contributed by atoms with van der Waals surface area (Å²) in [5, 5.41) is 0. The summed E-state index contributed by atoms with van der Waals surface area (Å²) in [7, 11) is 3.71. The Balaban J connectivity index is 2.06. The summed E-state index contributed by atoms with van der Waals surface area (Å²) in [5.41, 5.74) is -0.974. The molecule has 0 aromatic rings. The maximum absolute atomic E-state index is 12.9. The maximum Gasteiger partial charge on any atom is 0.235 e. The van der Waals surface area contributed by atoms with Crippen LogP contribution in [0, 0.1) is 11.3 Å². The van der Waals surface area contributed by atoms with Crippen molar-refractivity contribution in [3.05, 3.63) is 24.3 Å². The van der Waals surface area contributed by atoms with Gasteiger partial charge in [-0.2, -0.15) is 0 Å². The second-order valence-corrected chi connectivity index (χ2v) is 6.30. The quantitative estimate of drug-likeness (QED) is 0.607. The van der Waals surface area contributed by atoms with Gasteiger partial charge in [0, 0.05) is 14.1 Å². The van der Waals surface area contributed by atoms with Crippen molar-refractivity contribution in [1.82, 2.24) is 9.80 Å². The Bertz CT molecular complexity index is 552. The van der Waals surface area contributed by atoms with E-state index in [0.29, 0.717) is 0 Å². The molecule has 19 heavy (non-hydrogen) atoms. The Labute approximate surface area is 112 Å². The molecule has 0 radical (unpaired) electrons. The summed E-state index contributed by atoms with van der Waals surface area (Å²) in [6.45, 7) is 0. The van der Waals surface area contributed by atoms with Crippen molar-refractivity contribution in [2.45, 2.75) is 30.8 Å². The summed E-state index contributed by atoms with van der Waals surface area (Å²) in [6.07, 6.45) is 11.1.